The Hall–Kier alpha value is -1.07. The number of nitrogens with one attached hydrogen (secondary N) is 1. The van der Waals surface area contributed by atoms with Crippen LogP contribution < -0.4 is 5.32 Å². The minimum Gasteiger partial charge on any atom is -0.329 e. The second kappa shape index (κ2) is 10.6. The first-order valence-corrected chi connectivity index (χ1v) is 6.65. The zero-order chi connectivity index (χ0) is 13.5. The quantitative estimate of drug-likeness (QED) is 0.846. The van der Waals surface area contributed by atoms with Crippen LogP contribution in [0.1, 0.15) is 11.3 Å². The first-order chi connectivity index (χ1) is 9.29. The average Bonchev–Trinajstić information content (AvgIpc) is 2.85. The molecule has 0 fully saturated rings. The third kappa shape index (κ3) is 6.48. The van der Waals surface area contributed by atoms with Gasteiger partial charge in [-0.15, -0.1) is 24.8 Å². The molecule has 0 saturated carbocycles. The maximum absolute atomic E-state index is 4.27. The molecule has 0 unspecified atom stereocenters. The topological polar surface area (TPSA) is 33.1 Å². The second-order valence-electron chi connectivity index (χ2n) is 4.84. The standard InChI is InChI=1S/C15H22N4.2ClH/c1-16-8-9-18(2)12-15-10-17-13-19(15)11-14-6-4-3-5-7-14;;/h3-7,10,13,16H,8-9,11-12H2,1-2H3;2*1H. The lowest BCUT2D eigenvalue weighted by Crippen LogP contribution is -2.27. The van der Waals surface area contributed by atoms with Crippen LogP contribution >= 0.6 is 24.8 Å². The molecule has 1 heterocycles. The van der Waals surface area contributed by atoms with Crippen LogP contribution in [0.25, 0.3) is 0 Å². The molecule has 2 aromatic rings. The summed E-state index contributed by atoms with van der Waals surface area (Å²) >= 11 is 0. The minimum atomic E-state index is 0. The fourth-order valence-corrected chi connectivity index (χ4v) is 2.06. The van der Waals surface area contributed by atoms with Crippen LogP contribution in [0.15, 0.2) is 42.9 Å². The lowest BCUT2D eigenvalue weighted by Gasteiger charge is -2.17. The number of halogens is 2. The van der Waals surface area contributed by atoms with Crippen LogP contribution in [-0.2, 0) is 13.1 Å². The van der Waals surface area contributed by atoms with Gasteiger partial charge in [-0.1, -0.05) is 30.3 Å². The highest BCUT2D eigenvalue weighted by Gasteiger charge is 2.06. The highest BCUT2D eigenvalue weighted by atomic mass is 35.5. The van der Waals surface area contributed by atoms with Gasteiger partial charge in [-0.2, -0.15) is 0 Å². The summed E-state index contributed by atoms with van der Waals surface area (Å²) in [4.78, 5) is 6.57. The van der Waals surface area contributed by atoms with Gasteiger partial charge in [-0.05, 0) is 19.7 Å². The molecule has 118 valence electrons. The first kappa shape index (κ1) is 19.9. The molecule has 0 spiro atoms. The Kier molecular flexibility index (Phi) is 10.1. The van der Waals surface area contributed by atoms with E-state index < -0.39 is 0 Å². The van der Waals surface area contributed by atoms with E-state index in [1.165, 1.54) is 11.3 Å². The summed E-state index contributed by atoms with van der Waals surface area (Å²) in [6.45, 7) is 3.85. The third-order valence-electron chi connectivity index (χ3n) is 3.17. The number of nitrogens with zero attached hydrogens (tertiary/aromatic N) is 3. The van der Waals surface area contributed by atoms with E-state index in [-0.39, 0.29) is 24.8 Å². The van der Waals surface area contributed by atoms with E-state index in [0.717, 1.165) is 26.2 Å². The summed E-state index contributed by atoms with van der Waals surface area (Å²) in [7, 11) is 4.12. The third-order valence-corrected chi connectivity index (χ3v) is 3.17. The highest BCUT2D eigenvalue weighted by molar-refractivity contribution is 5.85. The van der Waals surface area contributed by atoms with E-state index in [2.05, 4.69) is 51.1 Å². The fourth-order valence-electron chi connectivity index (χ4n) is 2.06. The second-order valence-corrected chi connectivity index (χ2v) is 4.84. The molecular weight excluding hydrogens is 307 g/mol. The Morgan fingerprint density at radius 2 is 1.90 bits per heavy atom. The van der Waals surface area contributed by atoms with Crippen LogP contribution in [0, 0.1) is 0 Å². The first-order valence-electron chi connectivity index (χ1n) is 6.65. The minimum absolute atomic E-state index is 0. The molecule has 4 nitrogen and oxygen atoms in total. The van der Waals surface area contributed by atoms with Gasteiger partial charge in [0.25, 0.3) is 0 Å². The smallest absolute Gasteiger partial charge is 0.0951 e. The van der Waals surface area contributed by atoms with Gasteiger partial charge in [0.2, 0.25) is 0 Å². The van der Waals surface area contributed by atoms with Gasteiger partial charge >= 0.3 is 0 Å². The molecule has 21 heavy (non-hydrogen) atoms. The number of likely N-dealkylation sites (N-methyl/N-ethyl adjacent to an activating group) is 2. The summed E-state index contributed by atoms with van der Waals surface area (Å²) in [5.74, 6) is 0. The van der Waals surface area contributed by atoms with Crippen molar-refractivity contribution in [1.29, 1.82) is 0 Å². The zero-order valence-electron chi connectivity index (χ0n) is 12.5. The highest BCUT2D eigenvalue weighted by Crippen LogP contribution is 2.07. The lowest BCUT2D eigenvalue weighted by atomic mass is 10.2. The van der Waals surface area contributed by atoms with Crippen molar-refractivity contribution in [1.82, 2.24) is 19.8 Å². The molecule has 0 aliphatic heterocycles. The summed E-state index contributed by atoms with van der Waals surface area (Å²) in [5, 5.41) is 3.17. The fraction of sp³-hybridized carbons (Fsp3) is 0.400. The number of hydrogen-bond donors (Lipinski definition) is 1. The maximum atomic E-state index is 4.27. The molecule has 0 bridgehead atoms. The van der Waals surface area contributed by atoms with Crippen LogP contribution in [0.5, 0.6) is 0 Å². The number of benzene rings is 1. The summed E-state index contributed by atoms with van der Waals surface area (Å²) in [5.41, 5.74) is 2.56. The predicted octanol–water partition coefficient (Wildman–Crippen LogP) is 2.43. The van der Waals surface area contributed by atoms with Crippen molar-refractivity contribution in [2.45, 2.75) is 13.1 Å². The number of rotatable bonds is 7. The van der Waals surface area contributed by atoms with Crippen LogP contribution in [0.4, 0.5) is 0 Å². The normalized spacial score (nSPS) is 10.0. The number of imidazole rings is 1. The van der Waals surface area contributed by atoms with Gasteiger partial charge < -0.3 is 9.88 Å². The van der Waals surface area contributed by atoms with Gasteiger partial charge in [-0.25, -0.2) is 4.98 Å². The zero-order valence-corrected chi connectivity index (χ0v) is 14.2. The van der Waals surface area contributed by atoms with E-state index >= 15 is 0 Å². The summed E-state index contributed by atoms with van der Waals surface area (Å²) < 4.78 is 2.21. The Bertz CT molecular complexity index is 487. The molecule has 1 aromatic carbocycles. The predicted molar refractivity (Wildman–Crippen MR) is 92.5 cm³/mol. The lowest BCUT2D eigenvalue weighted by molar-refractivity contribution is 0.319. The van der Waals surface area contributed by atoms with E-state index in [0.29, 0.717) is 0 Å². The molecule has 0 radical (unpaired) electrons. The van der Waals surface area contributed by atoms with Crippen molar-refractivity contribution >= 4 is 24.8 Å². The summed E-state index contributed by atoms with van der Waals surface area (Å²) in [6.07, 6.45) is 3.87. The molecule has 1 aromatic heterocycles. The maximum Gasteiger partial charge on any atom is 0.0951 e. The molecule has 2 rings (SSSR count). The van der Waals surface area contributed by atoms with E-state index in [9.17, 15) is 0 Å². The van der Waals surface area contributed by atoms with Gasteiger partial charge in [-0.3, -0.25) is 4.90 Å². The Balaban J connectivity index is 0.00000200. The molecule has 0 saturated heterocycles. The van der Waals surface area contributed by atoms with Crippen LogP contribution in [0.3, 0.4) is 0 Å². The number of hydrogen-bond acceptors (Lipinski definition) is 3. The van der Waals surface area contributed by atoms with Gasteiger partial charge in [0, 0.05) is 32.4 Å². The van der Waals surface area contributed by atoms with E-state index in [1.54, 1.807) is 0 Å². The Labute approximate surface area is 139 Å². The molecule has 0 aliphatic carbocycles. The van der Waals surface area contributed by atoms with Crippen molar-refractivity contribution in [3.8, 4) is 0 Å². The van der Waals surface area contributed by atoms with Crippen molar-refractivity contribution in [3.63, 3.8) is 0 Å². The summed E-state index contributed by atoms with van der Waals surface area (Å²) in [6, 6.07) is 10.5. The molecule has 0 amide bonds. The average molecular weight is 331 g/mol. The SMILES string of the molecule is CNCCN(C)Cc1cncn1Cc1ccccc1.Cl.Cl. The van der Waals surface area contributed by atoms with Crippen molar-refractivity contribution < 1.29 is 0 Å². The van der Waals surface area contributed by atoms with Crippen LogP contribution in [0.2, 0.25) is 0 Å². The molecular formula is C15H24Cl2N4. The van der Waals surface area contributed by atoms with Crippen molar-refractivity contribution in [2.24, 2.45) is 0 Å². The van der Waals surface area contributed by atoms with Gasteiger partial charge in [0.15, 0.2) is 0 Å². The van der Waals surface area contributed by atoms with E-state index in [4.69, 9.17) is 0 Å². The van der Waals surface area contributed by atoms with Crippen molar-refractivity contribution in [3.05, 3.63) is 54.1 Å². The monoisotopic (exact) mass is 330 g/mol. The van der Waals surface area contributed by atoms with E-state index in [1.807, 2.05) is 25.6 Å². The molecule has 0 atom stereocenters. The molecule has 1 N–H and O–H groups in total. The number of aromatic nitrogens is 2. The Morgan fingerprint density at radius 3 is 2.57 bits per heavy atom. The molecule has 6 heteroatoms. The molecule has 0 aliphatic rings. The largest absolute Gasteiger partial charge is 0.329 e. The van der Waals surface area contributed by atoms with Gasteiger partial charge in [0.1, 0.15) is 0 Å². The van der Waals surface area contributed by atoms with Crippen molar-refractivity contribution in [2.75, 3.05) is 27.2 Å². The van der Waals surface area contributed by atoms with Gasteiger partial charge in [0.05, 0.1) is 12.0 Å². The Morgan fingerprint density at radius 1 is 1.19 bits per heavy atom. The van der Waals surface area contributed by atoms with Crippen LogP contribution in [-0.4, -0.2) is 41.6 Å².